The summed E-state index contributed by atoms with van der Waals surface area (Å²) in [6, 6.07) is 3.27. The molecule has 1 aromatic rings. The van der Waals surface area contributed by atoms with E-state index in [4.69, 9.17) is 14.6 Å². The average Bonchev–Trinajstić information content (AvgIpc) is 2.43. The molecule has 0 aliphatic heterocycles. The van der Waals surface area contributed by atoms with Gasteiger partial charge < -0.3 is 19.9 Å². The Morgan fingerprint density at radius 2 is 2.00 bits per heavy atom. The van der Waals surface area contributed by atoms with Crippen molar-refractivity contribution >= 4 is 17.7 Å². The summed E-state index contributed by atoms with van der Waals surface area (Å²) in [5.74, 6) is -0.879. The fraction of sp³-hybridized carbons (Fsp3) is 0.500. The molecule has 1 amide bonds. The number of aryl methyl sites for hydroxylation is 1. The summed E-state index contributed by atoms with van der Waals surface area (Å²) in [7, 11) is 0. The van der Waals surface area contributed by atoms with Crippen molar-refractivity contribution in [2.24, 2.45) is 0 Å². The van der Waals surface area contributed by atoms with Gasteiger partial charge in [-0.3, -0.25) is 14.9 Å². The highest BCUT2D eigenvalue weighted by molar-refractivity contribution is 5.71. The highest BCUT2D eigenvalue weighted by atomic mass is 16.6. The Bertz CT molecular complexity index is 652. The minimum Gasteiger partial charge on any atom is -0.491 e. The zero-order valence-corrected chi connectivity index (χ0v) is 14.6. The zero-order chi connectivity index (χ0) is 19.2. The van der Waals surface area contributed by atoms with E-state index in [1.165, 1.54) is 18.2 Å². The predicted molar refractivity (Wildman–Crippen MR) is 88.7 cm³/mol. The van der Waals surface area contributed by atoms with Crippen molar-refractivity contribution in [2.75, 3.05) is 6.61 Å². The normalized spacial score (nSPS) is 12.2. The van der Waals surface area contributed by atoms with E-state index in [1.807, 2.05) is 0 Å². The molecular formula is C16H22N2O7. The second-order valence-electron chi connectivity index (χ2n) is 6.46. The molecule has 0 fully saturated rings. The van der Waals surface area contributed by atoms with Gasteiger partial charge in [0, 0.05) is 6.07 Å². The van der Waals surface area contributed by atoms with Gasteiger partial charge in [-0.2, -0.15) is 0 Å². The van der Waals surface area contributed by atoms with E-state index < -0.39 is 28.6 Å². The first kappa shape index (κ1) is 20.2. The minimum absolute atomic E-state index is 0.143. The van der Waals surface area contributed by atoms with E-state index in [2.05, 4.69) is 5.32 Å². The van der Waals surface area contributed by atoms with Crippen LogP contribution in [0, 0.1) is 17.0 Å². The molecule has 9 nitrogen and oxygen atoms in total. The molecule has 0 saturated carbocycles. The maximum absolute atomic E-state index is 11.8. The van der Waals surface area contributed by atoms with Gasteiger partial charge in [0.2, 0.25) is 0 Å². The fourth-order valence-electron chi connectivity index (χ4n) is 1.88. The van der Waals surface area contributed by atoms with Crippen LogP contribution in [0.15, 0.2) is 18.2 Å². The maximum Gasteiger partial charge on any atom is 0.408 e. The molecule has 138 valence electrons. The van der Waals surface area contributed by atoms with E-state index in [-0.39, 0.29) is 24.5 Å². The number of carboxylic acid groups (broad SMARTS) is 1. The van der Waals surface area contributed by atoms with Crippen LogP contribution in [0.3, 0.4) is 0 Å². The third-order valence-corrected chi connectivity index (χ3v) is 2.96. The zero-order valence-electron chi connectivity index (χ0n) is 14.6. The second kappa shape index (κ2) is 8.32. The van der Waals surface area contributed by atoms with Crippen molar-refractivity contribution in [1.29, 1.82) is 0 Å². The summed E-state index contributed by atoms with van der Waals surface area (Å²) in [4.78, 5) is 33.0. The molecule has 2 N–H and O–H groups in total. The Hall–Kier alpha value is -2.84. The molecule has 0 radical (unpaired) electrons. The number of nitrogens with one attached hydrogen (secondary N) is 1. The van der Waals surface area contributed by atoms with Crippen molar-refractivity contribution in [3.8, 4) is 5.75 Å². The Balaban J connectivity index is 2.79. The number of nitrogens with zero attached hydrogens (tertiary/aromatic N) is 1. The van der Waals surface area contributed by atoms with Crippen molar-refractivity contribution in [2.45, 2.75) is 45.8 Å². The molecule has 0 saturated heterocycles. The van der Waals surface area contributed by atoms with Gasteiger partial charge in [0.1, 0.15) is 18.0 Å². The van der Waals surface area contributed by atoms with Crippen molar-refractivity contribution in [3.63, 3.8) is 0 Å². The first-order valence-electron chi connectivity index (χ1n) is 7.57. The van der Waals surface area contributed by atoms with E-state index in [1.54, 1.807) is 27.7 Å². The highest BCUT2D eigenvalue weighted by Crippen LogP contribution is 2.24. The molecule has 1 rings (SSSR count). The van der Waals surface area contributed by atoms with Gasteiger partial charge in [-0.1, -0.05) is 0 Å². The summed E-state index contributed by atoms with van der Waals surface area (Å²) in [6.45, 7) is 6.57. The second-order valence-corrected chi connectivity index (χ2v) is 6.46. The highest BCUT2D eigenvalue weighted by Gasteiger charge is 2.22. The lowest BCUT2D eigenvalue weighted by Gasteiger charge is -2.23. The standard InChI is InChI=1S/C16H22N2O7/c1-10-5-6-12(18(22)23)8-13(10)24-9-11(7-14(19)20)17-15(21)25-16(2,3)4/h5-6,8,11H,7,9H2,1-4H3,(H,17,21)(H,19,20)/t11-/m1/s1. The van der Waals surface area contributed by atoms with Crippen LogP contribution >= 0.6 is 0 Å². The summed E-state index contributed by atoms with van der Waals surface area (Å²) < 4.78 is 10.6. The Labute approximate surface area is 145 Å². The van der Waals surface area contributed by atoms with Crippen LogP contribution in [-0.4, -0.2) is 40.3 Å². The lowest BCUT2D eigenvalue weighted by molar-refractivity contribution is -0.385. The number of benzene rings is 1. The summed E-state index contributed by atoms with van der Waals surface area (Å²) in [5.41, 5.74) is -0.220. The number of non-ortho nitro benzene ring substituents is 1. The number of aliphatic carboxylic acids is 1. The number of alkyl carbamates (subject to hydrolysis) is 1. The summed E-state index contributed by atoms with van der Waals surface area (Å²) >= 11 is 0. The van der Waals surface area contributed by atoms with Gasteiger partial charge in [-0.05, 0) is 39.3 Å². The van der Waals surface area contributed by atoms with Gasteiger partial charge >= 0.3 is 12.1 Å². The molecule has 0 aliphatic carbocycles. The third kappa shape index (κ3) is 7.51. The first-order chi connectivity index (χ1) is 11.5. The number of hydrogen-bond donors (Lipinski definition) is 2. The third-order valence-electron chi connectivity index (χ3n) is 2.96. The predicted octanol–water partition coefficient (Wildman–Crippen LogP) is 2.65. The van der Waals surface area contributed by atoms with Gasteiger partial charge in [0.25, 0.3) is 5.69 Å². The van der Waals surface area contributed by atoms with Crippen molar-refractivity contribution in [1.82, 2.24) is 5.32 Å². The molecular weight excluding hydrogens is 332 g/mol. The average molecular weight is 354 g/mol. The van der Waals surface area contributed by atoms with Gasteiger partial charge in [0.05, 0.1) is 23.5 Å². The van der Waals surface area contributed by atoms with Crippen LogP contribution < -0.4 is 10.1 Å². The minimum atomic E-state index is -1.12. The van der Waals surface area contributed by atoms with E-state index in [0.29, 0.717) is 5.56 Å². The number of ether oxygens (including phenoxy) is 2. The van der Waals surface area contributed by atoms with Gasteiger partial charge in [-0.25, -0.2) is 4.79 Å². The number of hydrogen-bond acceptors (Lipinski definition) is 6. The van der Waals surface area contributed by atoms with E-state index in [0.717, 1.165) is 0 Å². The molecule has 0 heterocycles. The Kier molecular flexibility index (Phi) is 6.72. The molecule has 0 spiro atoms. The Morgan fingerprint density at radius 1 is 1.36 bits per heavy atom. The first-order valence-corrected chi connectivity index (χ1v) is 7.57. The number of carbonyl (C=O) groups excluding carboxylic acids is 1. The van der Waals surface area contributed by atoms with Crippen LogP contribution in [-0.2, 0) is 9.53 Å². The quantitative estimate of drug-likeness (QED) is 0.569. The lowest BCUT2D eigenvalue weighted by Crippen LogP contribution is -2.43. The molecule has 0 bridgehead atoms. The number of nitro groups is 1. The number of amides is 1. The van der Waals surface area contributed by atoms with E-state index >= 15 is 0 Å². The topological polar surface area (TPSA) is 128 Å². The van der Waals surface area contributed by atoms with Crippen LogP contribution in [0.25, 0.3) is 0 Å². The van der Waals surface area contributed by atoms with Crippen molar-refractivity contribution < 1.29 is 29.1 Å². The summed E-state index contributed by atoms with van der Waals surface area (Å²) in [6.07, 6.45) is -1.15. The van der Waals surface area contributed by atoms with E-state index in [9.17, 15) is 19.7 Å². The lowest BCUT2D eigenvalue weighted by atomic mass is 10.2. The van der Waals surface area contributed by atoms with Crippen LogP contribution in [0.2, 0.25) is 0 Å². The molecule has 25 heavy (non-hydrogen) atoms. The van der Waals surface area contributed by atoms with Crippen molar-refractivity contribution in [3.05, 3.63) is 33.9 Å². The van der Waals surface area contributed by atoms with Crippen LogP contribution in [0.1, 0.15) is 32.8 Å². The molecule has 0 aromatic heterocycles. The molecule has 9 heteroatoms. The monoisotopic (exact) mass is 354 g/mol. The van der Waals surface area contributed by atoms with Gasteiger partial charge in [0.15, 0.2) is 0 Å². The number of carboxylic acids is 1. The largest absolute Gasteiger partial charge is 0.491 e. The van der Waals surface area contributed by atoms with Crippen LogP contribution in [0.4, 0.5) is 10.5 Å². The van der Waals surface area contributed by atoms with Crippen LogP contribution in [0.5, 0.6) is 5.75 Å². The van der Waals surface area contributed by atoms with Gasteiger partial charge in [-0.15, -0.1) is 0 Å². The molecule has 0 aliphatic rings. The fourth-order valence-corrected chi connectivity index (χ4v) is 1.88. The molecule has 1 atom stereocenters. The summed E-state index contributed by atoms with van der Waals surface area (Å²) in [5, 5.41) is 22.2. The SMILES string of the molecule is Cc1ccc([N+](=O)[O-])cc1OC[C@@H](CC(=O)O)NC(=O)OC(C)(C)C. The smallest absolute Gasteiger partial charge is 0.408 e. The number of nitro benzene ring substituents is 1. The number of rotatable bonds is 7. The maximum atomic E-state index is 11.8. The Morgan fingerprint density at radius 3 is 2.52 bits per heavy atom. The molecule has 1 aromatic carbocycles. The molecule has 0 unspecified atom stereocenters. The number of carbonyl (C=O) groups is 2.